The lowest BCUT2D eigenvalue weighted by atomic mass is 10.2. The molecule has 1 aromatic carbocycles. The molecule has 0 radical (unpaired) electrons. The molecule has 0 spiro atoms. The molecule has 0 atom stereocenters. The standard InChI is InChI=1S/C12H18BrNO2S/c1-5-14(6-2)17(15,16)12-8-11(13)9(3)7-10(12)4/h7-8H,5-6H2,1-4H3. The molecule has 0 unspecified atom stereocenters. The molecule has 0 aliphatic heterocycles. The van der Waals surface area contributed by atoms with Crippen molar-refractivity contribution < 1.29 is 8.42 Å². The van der Waals surface area contributed by atoms with Crippen LogP contribution in [0.4, 0.5) is 0 Å². The van der Waals surface area contributed by atoms with E-state index in [2.05, 4.69) is 15.9 Å². The minimum atomic E-state index is -3.37. The summed E-state index contributed by atoms with van der Waals surface area (Å²) in [5.74, 6) is 0. The molecule has 96 valence electrons. The summed E-state index contributed by atoms with van der Waals surface area (Å²) in [5.41, 5.74) is 1.83. The van der Waals surface area contributed by atoms with Gasteiger partial charge in [-0.15, -0.1) is 0 Å². The van der Waals surface area contributed by atoms with E-state index in [1.54, 1.807) is 6.07 Å². The van der Waals surface area contributed by atoms with Crippen LogP contribution in [0.3, 0.4) is 0 Å². The Morgan fingerprint density at radius 3 is 2.12 bits per heavy atom. The van der Waals surface area contributed by atoms with Crippen LogP contribution in [0.5, 0.6) is 0 Å². The third-order valence-electron chi connectivity index (χ3n) is 2.78. The molecular weight excluding hydrogens is 302 g/mol. The summed E-state index contributed by atoms with van der Waals surface area (Å²) in [7, 11) is -3.37. The molecule has 17 heavy (non-hydrogen) atoms. The van der Waals surface area contributed by atoms with Gasteiger partial charge in [-0.1, -0.05) is 35.8 Å². The van der Waals surface area contributed by atoms with Gasteiger partial charge in [-0.05, 0) is 31.0 Å². The van der Waals surface area contributed by atoms with Gasteiger partial charge in [-0.2, -0.15) is 4.31 Å². The van der Waals surface area contributed by atoms with Gasteiger partial charge < -0.3 is 0 Å². The zero-order chi connectivity index (χ0) is 13.2. The highest BCUT2D eigenvalue weighted by molar-refractivity contribution is 9.10. The van der Waals surface area contributed by atoms with Gasteiger partial charge in [0.15, 0.2) is 0 Å². The van der Waals surface area contributed by atoms with E-state index in [1.807, 2.05) is 33.8 Å². The highest BCUT2D eigenvalue weighted by atomic mass is 79.9. The minimum absolute atomic E-state index is 0.388. The summed E-state index contributed by atoms with van der Waals surface area (Å²) >= 11 is 3.38. The van der Waals surface area contributed by atoms with E-state index in [0.717, 1.165) is 15.6 Å². The molecule has 0 aliphatic carbocycles. The number of hydrogen-bond donors (Lipinski definition) is 0. The van der Waals surface area contributed by atoms with Gasteiger partial charge in [0, 0.05) is 17.6 Å². The molecule has 0 aromatic heterocycles. The predicted molar refractivity (Wildman–Crippen MR) is 73.7 cm³/mol. The molecule has 5 heteroatoms. The van der Waals surface area contributed by atoms with Crippen molar-refractivity contribution in [2.24, 2.45) is 0 Å². The van der Waals surface area contributed by atoms with Crippen LogP contribution in [-0.2, 0) is 10.0 Å². The van der Waals surface area contributed by atoms with E-state index in [-0.39, 0.29) is 0 Å². The minimum Gasteiger partial charge on any atom is -0.207 e. The van der Waals surface area contributed by atoms with Crippen LogP contribution in [0.25, 0.3) is 0 Å². The normalized spacial score (nSPS) is 12.1. The quantitative estimate of drug-likeness (QED) is 0.855. The number of hydrogen-bond acceptors (Lipinski definition) is 2. The monoisotopic (exact) mass is 319 g/mol. The van der Waals surface area contributed by atoms with E-state index < -0.39 is 10.0 Å². The Morgan fingerprint density at radius 2 is 1.65 bits per heavy atom. The van der Waals surface area contributed by atoms with Crippen LogP contribution in [0, 0.1) is 13.8 Å². The topological polar surface area (TPSA) is 37.4 Å². The number of sulfonamides is 1. The van der Waals surface area contributed by atoms with E-state index in [9.17, 15) is 8.42 Å². The van der Waals surface area contributed by atoms with E-state index in [1.165, 1.54) is 4.31 Å². The first kappa shape index (κ1) is 14.7. The number of rotatable bonds is 4. The molecule has 0 amide bonds. The largest absolute Gasteiger partial charge is 0.243 e. The lowest BCUT2D eigenvalue weighted by molar-refractivity contribution is 0.445. The maximum Gasteiger partial charge on any atom is 0.243 e. The fraction of sp³-hybridized carbons (Fsp3) is 0.500. The van der Waals surface area contributed by atoms with Crippen LogP contribution in [-0.4, -0.2) is 25.8 Å². The van der Waals surface area contributed by atoms with Crippen molar-refractivity contribution in [3.05, 3.63) is 27.7 Å². The van der Waals surface area contributed by atoms with Crippen LogP contribution in [0.15, 0.2) is 21.5 Å². The maximum atomic E-state index is 12.4. The fourth-order valence-electron chi connectivity index (χ4n) is 1.79. The van der Waals surface area contributed by atoms with Crippen molar-refractivity contribution in [2.75, 3.05) is 13.1 Å². The number of benzene rings is 1. The molecular formula is C12H18BrNO2S. The van der Waals surface area contributed by atoms with Gasteiger partial charge in [0.05, 0.1) is 4.90 Å². The summed E-state index contributed by atoms with van der Waals surface area (Å²) in [4.78, 5) is 0.388. The van der Waals surface area contributed by atoms with Crippen molar-refractivity contribution in [1.29, 1.82) is 0 Å². The average molecular weight is 320 g/mol. The van der Waals surface area contributed by atoms with Gasteiger partial charge in [-0.25, -0.2) is 8.42 Å². The summed E-state index contributed by atoms with van der Waals surface area (Å²) in [6, 6.07) is 3.58. The second kappa shape index (κ2) is 5.50. The van der Waals surface area contributed by atoms with Crippen molar-refractivity contribution in [1.82, 2.24) is 4.31 Å². The maximum absolute atomic E-state index is 12.4. The van der Waals surface area contributed by atoms with Gasteiger partial charge >= 0.3 is 0 Å². The highest BCUT2D eigenvalue weighted by Crippen LogP contribution is 2.26. The summed E-state index contributed by atoms with van der Waals surface area (Å²) in [6.07, 6.45) is 0. The summed E-state index contributed by atoms with van der Waals surface area (Å²) < 4.78 is 27.1. The molecule has 1 rings (SSSR count). The smallest absolute Gasteiger partial charge is 0.207 e. The Bertz CT molecular complexity index is 507. The summed E-state index contributed by atoms with van der Waals surface area (Å²) in [5, 5.41) is 0. The molecule has 0 aliphatic rings. The molecule has 0 bridgehead atoms. The molecule has 0 fully saturated rings. The van der Waals surface area contributed by atoms with E-state index in [0.29, 0.717) is 18.0 Å². The number of halogens is 1. The fourth-order valence-corrected chi connectivity index (χ4v) is 3.97. The zero-order valence-corrected chi connectivity index (χ0v) is 13.0. The molecule has 1 aromatic rings. The molecule has 0 saturated heterocycles. The Labute approximate surface area is 112 Å². The highest BCUT2D eigenvalue weighted by Gasteiger charge is 2.24. The second-order valence-electron chi connectivity index (χ2n) is 3.96. The zero-order valence-electron chi connectivity index (χ0n) is 10.6. The first-order valence-electron chi connectivity index (χ1n) is 5.61. The van der Waals surface area contributed by atoms with Crippen molar-refractivity contribution in [3.63, 3.8) is 0 Å². The van der Waals surface area contributed by atoms with Crippen LogP contribution >= 0.6 is 15.9 Å². The Balaban J connectivity index is 3.38. The van der Waals surface area contributed by atoms with Gasteiger partial charge in [0.2, 0.25) is 10.0 Å². The molecule has 0 N–H and O–H groups in total. The number of aryl methyl sites for hydroxylation is 2. The average Bonchev–Trinajstić information content (AvgIpc) is 2.24. The lowest BCUT2D eigenvalue weighted by Crippen LogP contribution is -2.31. The Kier molecular flexibility index (Phi) is 4.75. The number of nitrogens with zero attached hydrogens (tertiary/aromatic N) is 1. The SMILES string of the molecule is CCN(CC)S(=O)(=O)c1cc(Br)c(C)cc1C. The van der Waals surface area contributed by atoms with E-state index in [4.69, 9.17) is 0 Å². The third-order valence-corrected chi connectivity index (χ3v) is 5.83. The molecule has 0 saturated carbocycles. The first-order valence-corrected chi connectivity index (χ1v) is 7.84. The van der Waals surface area contributed by atoms with Crippen molar-refractivity contribution in [3.8, 4) is 0 Å². The van der Waals surface area contributed by atoms with Gasteiger partial charge in [-0.3, -0.25) is 0 Å². The molecule has 0 heterocycles. The Hall–Kier alpha value is -0.390. The van der Waals surface area contributed by atoms with Crippen LogP contribution < -0.4 is 0 Å². The van der Waals surface area contributed by atoms with Crippen molar-refractivity contribution in [2.45, 2.75) is 32.6 Å². The Morgan fingerprint density at radius 1 is 1.12 bits per heavy atom. The first-order chi connectivity index (χ1) is 7.84. The van der Waals surface area contributed by atoms with Crippen LogP contribution in [0.1, 0.15) is 25.0 Å². The van der Waals surface area contributed by atoms with Crippen molar-refractivity contribution >= 4 is 26.0 Å². The van der Waals surface area contributed by atoms with E-state index >= 15 is 0 Å². The predicted octanol–water partition coefficient (Wildman–Crippen LogP) is 3.10. The summed E-state index contributed by atoms with van der Waals surface area (Å²) in [6.45, 7) is 8.45. The van der Waals surface area contributed by atoms with Gasteiger partial charge in [0.1, 0.15) is 0 Å². The van der Waals surface area contributed by atoms with Gasteiger partial charge in [0.25, 0.3) is 0 Å². The lowest BCUT2D eigenvalue weighted by Gasteiger charge is -2.20. The third kappa shape index (κ3) is 2.89. The molecule has 3 nitrogen and oxygen atoms in total. The van der Waals surface area contributed by atoms with Crippen LogP contribution in [0.2, 0.25) is 0 Å². The second-order valence-corrected chi connectivity index (χ2v) is 6.72.